The Kier molecular flexibility index (Phi) is 15.9. The Morgan fingerprint density at radius 3 is 0.620 bits per heavy atom. The van der Waals surface area contributed by atoms with Crippen LogP contribution < -0.4 is 0 Å². The highest BCUT2D eigenvalue weighted by Gasteiger charge is 2.24. The fourth-order valence-electron chi connectivity index (χ4n) is 20.6. The minimum absolute atomic E-state index is 0.874. The Hall–Kier alpha value is -17.6. The van der Waals surface area contributed by atoms with Crippen LogP contribution in [0.1, 0.15) is 0 Å². The summed E-state index contributed by atoms with van der Waals surface area (Å²) in [6.45, 7) is 0. The number of nitrogens with zero attached hydrogens (tertiary/aromatic N) is 9. The molecule has 0 spiro atoms. The molecule has 12 aromatic heterocycles. The molecular formula is C117H71N9O3. The molecule has 0 aliphatic heterocycles. The summed E-state index contributed by atoms with van der Waals surface area (Å²) in [6.07, 6.45) is 5.60. The zero-order valence-corrected chi connectivity index (χ0v) is 69.2. The van der Waals surface area contributed by atoms with Crippen molar-refractivity contribution >= 4 is 197 Å². The number of benzene rings is 17. The fourth-order valence-corrected chi connectivity index (χ4v) is 20.6. The van der Waals surface area contributed by atoms with Crippen LogP contribution in [0.2, 0.25) is 0 Å². The maximum Gasteiger partial charge on any atom is 0.145 e. The van der Waals surface area contributed by atoms with Gasteiger partial charge in [-0.3, -0.25) is 13.7 Å². The minimum atomic E-state index is 0.874. The van der Waals surface area contributed by atoms with Crippen LogP contribution in [-0.2, 0) is 0 Å². The fraction of sp³-hybridized carbons (Fsp3) is 0. The van der Waals surface area contributed by atoms with Crippen molar-refractivity contribution in [2.24, 2.45) is 0 Å². The smallest absolute Gasteiger partial charge is 0.145 e. The quantitative estimate of drug-likeness (QED) is 0.150. The first-order chi connectivity index (χ1) is 64.0. The van der Waals surface area contributed by atoms with E-state index in [-0.39, 0.29) is 0 Å². The molecule has 0 saturated carbocycles. The van der Waals surface area contributed by atoms with E-state index < -0.39 is 0 Å². The van der Waals surface area contributed by atoms with Crippen molar-refractivity contribution in [2.75, 3.05) is 0 Å². The number of para-hydroxylation sites is 9. The van der Waals surface area contributed by atoms with Gasteiger partial charge in [0.05, 0.1) is 49.7 Å². The van der Waals surface area contributed by atoms with Crippen molar-refractivity contribution in [3.8, 4) is 56.4 Å². The number of aromatic nitrogens is 9. The van der Waals surface area contributed by atoms with Crippen molar-refractivity contribution in [3.63, 3.8) is 0 Å². The van der Waals surface area contributed by atoms with Crippen LogP contribution >= 0.6 is 0 Å². The second-order valence-corrected chi connectivity index (χ2v) is 33.3. The second kappa shape index (κ2) is 28.5. The van der Waals surface area contributed by atoms with E-state index in [1.54, 1.807) is 0 Å². The number of furan rings is 3. The van der Waals surface area contributed by atoms with Gasteiger partial charge in [-0.2, -0.15) is 0 Å². The first-order valence-corrected chi connectivity index (χ1v) is 43.6. The lowest BCUT2D eigenvalue weighted by atomic mass is 10.0. The van der Waals surface area contributed by atoms with Crippen LogP contribution in [0.25, 0.3) is 253 Å². The summed E-state index contributed by atoms with van der Waals surface area (Å²) >= 11 is 0. The van der Waals surface area contributed by atoms with Crippen LogP contribution in [0.4, 0.5) is 0 Å². The average molecular weight is 1650 g/mol. The van der Waals surface area contributed by atoms with Gasteiger partial charge in [0, 0.05) is 150 Å². The van der Waals surface area contributed by atoms with E-state index in [2.05, 4.69) is 422 Å². The number of hydrogen-bond acceptors (Lipinski definition) is 6. The average Bonchev–Trinajstić information content (AvgIpc) is 1.57. The predicted molar refractivity (Wildman–Crippen MR) is 531 cm³/mol. The molecular weight excluding hydrogens is 1580 g/mol. The molecule has 129 heavy (non-hydrogen) atoms. The van der Waals surface area contributed by atoms with E-state index in [4.69, 9.17) is 28.2 Å². The van der Waals surface area contributed by atoms with Crippen LogP contribution in [0.3, 0.4) is 0 Å². The molecule has 0 radical (unpaired) electrons. The first-order valence-electron chi connectivity index (χ1n) is 43.6. The topological polar surface area (TPSA) is 108 Å². The second-order valence-electron chi connectivity index (χ2n) is 33.3. The summed E-state index contributed by atoms with van der Waals surface area (Å²) in [5.74, 6) is 0. The van der Waals surface area contributed by atoms with Gasteiger partial charge in [-0.05, 0) is 235 Å². The lowest BCUT2D eigenvalue weighted by molar-refractivity contribution is 0.668. The monoisotopic (exact) mass is 1650 g/mol. The van der Waals surface area contributed by atoms with E-state index in [0.717, 1.165) is 172 Å². The SMILES string of the molecule is c1cc(-c2ccc3oc4ccc(-n5c6ccccc6c6ccccc65)cc4c3c2)cc(-n2c3ccccc3c3cccnc32)c1.c1cc(-c2ccc3oc4ccc(-n5c6ccccc6c6cccnc65)cc4c3c2)cc(-n2c3ccccc3c3ccccc32)c1.c1ccc2c(c1)c1ccccc1n2-c1ccc2oc3ccc(-n4c5ccccc5c5cccnc54)cc3c2c1. The third-order valence-electron chi connectivity index (χ3n) is 26.3. The number of rotatable bonds is 8. The molecule has 12 heterocycles. The van der Waals surface area contributed by atoms with Gasteiger partial charge in [-0.15, -0.1) is 0 Å². The molecule has 0 atom stereocenters. The van der Waals surface area contributed by atoms with Crippen molar-refractivity contribution in [1.29, 1.82) is 0 Å². The molecule has 0 amide bonds. The molecule has 0 aliphatic carbocycles. The first kappa shape index (κ1) is 71.9. The summed E-state index contributed by atoms with van der Waals surface area (Å²) < 4.78 is 32.8. The number of pyridine rings is 3. The zero-order valence-electron chi connectivity index (χ0n) is 69.2. The van der Waals surface area contributed by atoms with Gasteiger partial charge in [0.15, 0.2) is 0 Å². The number of fused-ring (bicyclic) bond motifs is 27. The van der Waals surface area contributed by atoms with Gasteiger partial charge in [-0.25, -0.2) is 15.0 Å². The molecule has 12 nitrogen and oxygen atoms in total. The van der Waals surface area contributed by atoms with E-state index in [0.29, 0.717) is 0 Å². The third-order valence-corrected chi connectivity index (χ3v) is 26.3. The van der Waals surface area contributed by atoms with Gasteiger partial charge in [0.2, 0.25) is 0 Å². The van der Waals surface area contributed by atoms with Gasteiger partial charge in [0.25, 0.3) is 0 Å². The normalized spacial score (nSPS) is 12.0. The molecule has 602 valence electrons. The molecule has 0 N–H and O–H groups in total. The van der Waals surface area contributed by atoms with E-state index in [1.807, 2.05) is 36.8 Å². The molecule has 12 heteroatoms. The van der Waals surface area contributed by atoms with Gasteiger partial charge in [-0.1, -0.05) is 200 Å². The van der Waals surface area contributed by atoms with Gasteiger partial charge < -0.3 is 27.0 Å². The van der Waals surface area contributed by atoms with Crippen LogP contribution in [-0.4, -0.2) is 42.4 Å². The molecule has 0 bridgehead atoms. The van der Waals surface area contributed by atoms with Gasteiger partial charge >= 0.3 is 0 Å². The molecule has 0 saturated heterocycles. The Morgan fingerprint density at radius 2 is 0.341 bits per heavy atom. The summed E-state index contributed by atoms with van der Waals surface area (Å²) in [4.78, 5) is 14.3. The lowest BCUT2D eigenvalue weighted by Gasteiger charge is -2.10. The molecule has 17 aromatic carbocycles. The molecule has 29 aromatic rings. The van der Waals surface area contributed by atoms with Crippen LogP contribution in [0.15, 0.2) is 444 Å². The maximum atomic E-state index is 6.35. The van der Waals surface area contributed by atoms with Crippen LogP contribution in [0, 0.1) is 0 Å². The van der Waals surface area contributed by atoms with Crippen LogP contribution in [0.5, 0.6) is 0 Å². The Bertz CT molecular complexity index is 8840. The third kappa shape index (κ3) is 11.2. The highest BCUT2D eigenvalue weighted by molar-refractivity contribution is 6.17. The predicted octanol–water partition coefficient (Wildman–Crippen LogP) is 30.9. The van der Waals surface area contributed by atoms with E-state index >= 15 is 0 Å². The summed E-state index contributed by atoms with van der Waals surface area (Å²) in [6, 6.07) is 146. The van der Waals surface area contributed by atoms with Crippen molar-refractivity contribution < 1.29 is 13.3 Å². The zero-order chi connectivity index (χ0) is 84.5. The highest BCUT2D eigenvalue weighted by atomic mass is 16.3. The standard InChI is InChI=1S/2C41H25N3O.C35H21N3O/c1-4-15-36-30(11-1)31-12-2-5-16-37(31)43(36)29-19-21-40-35(25-29)34-24-27(18-20-39(34)45-40)26-9-7-10-28(23-26)44-38-17-6-3-13-32(38)33-14-8-22-42-41(33)44;1-4-15-36-30(11-1)31-12-2-5-16-37(31)43(36)28-10-7-9-26(23-28)27-18-20-39-34(24-27)35-25-29(19-21-40(35)45-39)44-38-17-6-3-13-32(38)33-14-8-22-42-41(33)44;1-4-12-30-24(8-1)25-9-2-5-13-31(25)37(30)22-15-17-33-28(20-22)29-21-23(16-18-34(29)39-33)38-32-14-6-3-10-26(32)27-11-7-19-36-35(27)38/h2*1-25H;1-21H. The van der Waals surface area contributed by atoms with E-state index in [1.165, 1.54) is 81.6 Å². The van der Waals surface area contributed by atoms with Gasteiger partial charge in [0.1, 0.15) is 50.4 Å². The van der Waals surface area contributed by atoms with Crippen molar-refractivity contribution in [1.82, 2.24) is 42.4 Å². The van der Waals surface area contributed by atoms with Crippen molar-refractivity contribution in [2.45, 2.75) is 0 Å². The maximum absolute atomic E-state index is 6.35. The summed E-state index contributed by atoms with van der Waals surface area (Å²) in [7, 11) is 0. The Labute approximate surface area is 735 Å². The largest absolute Gasteiger partial charge is 0.456 e. The molecule has 0 fully saturated rings. The highest BCUT2D eigenvalue weighted by Crippen LogP contribution is 2.45. The van der Waals surface area contributed by atoms with E-state index in [9.17, 15) is 0 Å². The minimum Gasteiger partial charge on any atom is -0.456 e. The molecule has 0 unspecified atom stereocenters. The van der Waals surface area contributed by atoms with Crippen molar-refractivity contribution in [3.05, 3.63) is 431 Å². The summed E-state index contributed by atoms with van der Waals surface area (Å²) in [5, 5.41) is 21.2. The number of hydrogen-bond donors (Lipinski definition) is 0. The lowest BCUT2D eigenvalue weighted by Crippen LogP contribution is -1.95. The Morgan fingerprint density at radius 1 is 0.140 bits per heavy atom. The Balaban J connectivity index is 0.000000100. The summed E-state index contributed by atoms with van der Waals surface area (Å²) in [5.41, 5.74) is 30.0. The molecule has 0 aliphatic rings. The molecule has 29 rings (SSSR count).